The van der Waals surface area contributed by atoms with E-state index in [4.69, 9.17) is 9.47 Å². The van der Waals surface area contributed by atoms with Crippen LogP contribution in [0, 0.1) is 5.92 Å². The Bertz CT molecular complexity index is 145. The lowest BCUT2D eigenvalue weighted by atomic mass is 10.0. The number of nitrogens with one attached hydrogen (secondary N) is 1. The molecule has 1 N–H and O–H groups in total. The zero-order chi connectivity index (χ0) is 8.44. The Morgan fingerprint density at radius 1 is 1.17 bits per heavy atom. The van der Waals surface area contributed by atoms with Crippen LogP contribution in [-0.4, -0.2) is 32.1 Å². The van der Waals surface area contributed by atoms with Gasteiger partial charge in [-0.25, -0.2) is 0 Å². The van der Waals surface area contributed by atoms with Crippen molar-refractivity contribution in [3.63, 3.8) is 0 Å². The first-order valence-corrected chi connectivity index (χ1v) is 4.79. The lowest BCUT2D eigenvalue weighted by Crippen LogP contribution is -2.50. The van der Waals surface area contributed by atoms with Crippen LogP contribution in [0.25, 0.3) is 0 Å². The van der Waals surface area contributed by atoms with E-state index in [0.29, 0.717) is 5.92 Å². The minimum Gasteiger partial charge on any atom is -0.349 e. The minimum absolute atomic E-state index is 0.224. The third-order valence-corrected chi connectivity index (χ3v) is 2.63. The van der Waals surface area contributed by atoms with Gasteiger partial charge < -0.3 is 14.8 Å². The van der Waals surface area contributed by atoms with Crippen molar-refractivity contribution in [1.29, 1.82) is 0 Å². The molecule has 2 saturated heterocycles. The number of piperidine rings is 1. The molecule has 0 saturated carbocycles. The standard InChI is InChI=1S/C9H17NO2/c1-8-6-11-9(12-7-8)2-4-10-5-3-9/h8,10H,2-7H2,1H3. The van der Waals surface area contributed by atoms with E-state index in [-0.39, 0.29) is 5.79 Å². The highest BCUT2D eigenvalue weighted by molar-refractivity contribution is 4.80. The summed E-state index contributed by atoms with van der Waals surface area (Å²) in [6.45, 7) is 5.93. The van der Waals surface area contributed by atoms with Crippen LogP contribution in [-0.2, 0) is 9.47 Å². The van der Waals surface area contributed by atoms with E-state index in [9.17, 15) is 0 Å². The Balaban J connectivity index is 1.92. The fourth-order valence-corrected chi connectivity index (χ4v) is 1.77. The van der Waals surface area contributed by atoms with Gasteiger partial charge in [0.15, 0.2) is 5.79 Å². The molecule has 0 radical (unpaired) electrons. The van der Waals surface area contributed by atoms with E-state index in [2.05, 4.69) is 12.2 Å². The summed E-state index contributed by atoms with van der Waals surface area (Å²) in [5, 5.41) is 3.31. The van der Waals surface area contributed by atoms with Crippen LogP contribution in [0.4, 0.5) is 0 Å². The van der Waals surface area contributed by atoms with E-state index in [1.54, 1.807) is 0 Å². The molecule has 2 aliphatic rings. The van der Waals surface area contributed by atoms with Crippen LogP contribution in [0.2, 0.25) is 0 Å². The Morgan fingerprint density at radius 3 is 2.33 bits per heavy atom. The Morgan fingerprint density at radius 2 is 1.75 bits per heavy atom. The summed E-state index contributed by atoms with van der Waals surface area (Å²) in [4.78, 5) is 0. The maximum atomic E-state index is 5.76. The van der Waals surface area contributed by atoms with E-state index < -0.39 is 0 Å². The first-order chi connectivity index (χ1) is 5.81. The molecule has 0 atom stereocenters. The van der Waals surface area contributed by atoms with Gasteiger partial charge in [-0.2, -0.15) is 0 Å². The average molecular weight is 171 g/mol. The molecule has 1 spiro atoms. The molecule has 0 aromatic rings. The van der Waals surface area contributed by atoms with Crippen molar-refractivity contribution >= 4 is 0 Å². The molecule has 3 heteroatoms. The maximum absolute atomic E-state index is 5.76. The van der Waals surface area contributed by atoms with Crippen molar-refractivity contribution < 1.29 is 9.47 Å². The number of hydrogen-bond acceptors (Lipinski definition) is 3. The summed E-state index contributed by atoms with van der Waals surface area (Å²) in [5.41, 5.74) is 0. The van der Waals surface area contributed by atoms with E-state index in [1.807, 2.05) is 0 Å². The molecule has 0 aromatic carbocycles. The summed E-state index contributed by atoms with van der Waals surface area (Å²) in [5.74, 6) is 0.336. The number of hydrogen-bond donors (Lipinski definition) is 1. The first kappa shape index (κ1) is 8.48. The monoisotopic (exact) mass is 171 g/mol. The first-order valence-electron chi connectivity index (χ1n) is 4.79. The molecule has 0 amide bonds. The van der Waals surface area contributed by atoms with Gasteiger partial charge >= 0.3 is 0 Å². The summed E-state index contributed by atoms with van der Waals surface area (Å²) in [6.07, 6.45) is 2.00. The summed E-state index contributed by atoms with van der Waals surface area (Å²) in [7, 11) is 0. The van der Waals surface area contributed by atoms with Crippen molar-refractivity contribution in [3.05, 3.63) is 0 Å². The van der Waals surface area contributed by atoms with Gasteiger partial charge in [0.05, 0.1) is 13.2 Å². The molecule has 2 aliphatic heterocycles. The largest absolute Gasteiger partial charge is 0.349 e. The Labute approximate surface area is 73.4 Å². The van der Waals surface area contributed by atoms with E-state index in [0.717, 1.165) is 39.1 Å². The van der Waals surface area contributed by atoms with Gasteiger partial charge in [0.25, 0.3) is 0 Å². The van der Waals surface area contributed by atoms with Crippen LogP contribution in [0.3, 0.4) is 0 Å². The van der Waals surface area contributed by atoms with Crippen molar-refractivity contribution in [2.75, 3.05) is 26.3 Å². The molecule has 0 unspecified atom stereocenters. The van der Waals surface area contributed by atoms with Crippen LogP contribution in [0.5, 0.6) is 0 Å². The number of rotatable bonds is 0. The predicted octanol–water partition coefficient (Wildman–Crippen LogP) is 0.749. The fraction of sp³-hybridized carbons (Fsp3) is 1.00. The Hall–Kier alpha value is -0.120. The Kier molecular flexibility index (Phi) is 2.35. The second kappa shape index (κ2) is 3.32. The molecule has 0 aromatic heterocycles. The zero-order valence-electron chi connectivity index (χ0n) is 7.64. The lowest BCUT2D eigenvalue weighted by molar-refractivity contribution is -0.290. The van der Waals surface area contributed by atoms with Crippen molar-refractivity contribution in [2.24, 2.45) is 5.92 Å². The highest BCUT2D eigenvalue weighted by atomic mass is 16.7. The van der Waals surface area contributed by atoms with Crippen LogP contribution < -0.4 is 5.32 Å². The summed E-state index contributed by atoms with van der Waals surface area (Å²) < 4.78 is 11.5. The lowest BCUT2D eigenvalue weighted by Gasteiger charge is -2.42. The molecule has 0 aliphatic carbocycles. The highest BCUT2D eigenvalue weighted by Gasteiger charge is 2.37. The molecule has 2 rings (SSSR count). The fourth-order valence-electron chi connectivity index (χ4n) is 1.77. The third kappa shape index (κ3) is 1.63. The zero-order valence-corrected chi connectivity index (χ0v) is 7.64. The van der Waals surface area contributed by atoms with Crippen LogP contribution in [0.15, 0.2) is 0 Å². The molecule has 0 bridgehead atoms. The minimum atomic E-state index is -0.224. The predicted molar refractivity (Wildman–Crippen MR) is 45.9 cm³/mol. The van der Waals surface area contributed by atoms with Gasteiger partial charge in [0.2, 0.25) is 0 Å². The topological polar surface area (TPSA) is 30.5 Å². The normalized spacial score (nSPS) is 30.8. The number of ether oxygens (including phenoxy) is 2. The highest BCUT2D eigenvalue weighted by Crippen LogP contribution is 2.29. The molecule has 2 heterocycles. The molecule has 3 nitrogen and oxygen atoms in total. The van der Waals surface area contributed by atoms with Gasteiger partial charge in [-0.05, 0) is 0 Å². The summed E-state index contributed by atoms with van der Waals surface area (Å²) in [6, 6.07) is 0. The second-order valence-corrected chi connectivity index (χ2v) is 3.89. The van der Waals surface area contributed by atoms with Gasteiger partial charge in [0.1, 0.15) is 0 Å². The maximum Gasteiger partial charge on any atom is 0.170 e. The van der Waals surface area contributed by atoms with Gasteiger partial charge in [-0.15, -0.1) is 0 Å². The van der Waals surface area contributed by atoms with Crippen molar-refractivity contribution in [1.82, 2.24) is 5.32 Å². The SMILES string of the molecule is CC1COC2(CCNCC2)OC1. The molecular formula is C9H17NO2. The van der Waals surface area contributed by atoms with Gasteiger partial charge in [-0.3, -0.25) is 0 Å². The van der Waals surface area contributed by atoms with Crippen molar-refractivity contribution in [2.45, 2.75) is 25.6 Å². The molecular weight excluding hydrogens is 154 g/mol. The van der Waals surface area contributed by atoms with Gasteiger partial charge in [-0.1, -0.05) is 6.92 Å². The molecule has 12 heavy (non-hydrogen) atoms. The van der Waals surface area contributed by atoms with E-state index >= 15 is 0 Å². The quantitative estimate of drug-likeness (QED) is 0.583. The van der Waals surface area contributed by atoms with Crippen molar-refractivity contribution in [3.8, 4) is 0 Å². The third-order valence-electron chi connectivity index (χ3n) is 2.63. The molecule has 2 fully saturated rings. The summed E-state index contributed by atoms with van der Waals surface area (Å²) >= 11 is 0. The van der Waals surface area contributed by atoms with Crippen LogP contribution >= 0.6 is 0 Å². The smallest absolute Gasteiger partial charge is 0.170 e. The average Bonchev–Trinajstić information content (AvgIpc) is 2.13. The second-order valence-electron chi connectivity index (χ2n) is 3.89. The van der Waals surface area contributed by atoms with Crippen LogP contribution in [0.1, 0.15) is 19.8 Å². The molecule has 70 valence electrons. The van der Waals surface area contributed by atoms with Gasteiger partial charge in [0, 0.05) is 31.8 Å². The van der Waals surface area contributed by atoms with E-state index in [1.165, 1.54) is 0 Å².